The average molecular weight is 422 g/mol. The number of hydrogen-bond donors (Lipinski definition) is 1. The van der Waals surface area contributed by atoms with E-state index in [9.17, 15) is 4.79 Å². The van der Waals surface area contributed by atoms with Crippen molar-refractivity contribution in [3.8, 4) is 0 Å². The molecule has 2 aliphatic rings. The number of hydrogen-bond acceptors (Lipinski definition) is 6. The lowest BCUT2D eigenvalue weighted by atomic mass is 9.85. The van der Waals surface area contributed by atoms with Crippen LogP contribution in [0.15, 0.2) is 4.99 Å². The minimum atomic E-state index is -0.324. The summed E-state index contributed by atoms with van der Waals surface area (Å²) in [4.78, 5) is 28.8. The van der Waals surface area contributed by atoms with E-state index >= 15 is 0 Å². The molecule has 0 atom stereocenters. The second kappa shape index (κ2) is 9.73. The van der Waals surface area contributed by atoms with Crippen LogP contribution in [-0.4, -0.2) is 84.4 Å². The van der Waals surface area contributed by atoms with E-state index in [1.807, 2.05) is 14.1 Å². The highest BCUT2D eigenvalue weighted by Crippen LogP contribution is 2.39. The van der Waals surface area contributed by atoms with Gasteiger partial charge >= 0.3 is 0 Å². The Hall–Kier alpha value is -1.90. The van der Waals surface area contributed by atoms with Crippen LogP contribution in [0.3, 0.4) is 0 Å². The van der Waals surface area contributed by atoms with Gasteiger partial charge in [-0.3, -0.25) is 9.79 Å². The van der Waals surface area contributed by atoms with Crippen molar-refractivity contribution in [3.05, 3.63) is 5.82 Å². The van der Waals surface area contributed by atoms with Crippen molar-refractivity contribution in [2.24, 2.45) is 10.4 Å². The van der Waals surface area contributed by atoms with Gasteiger partial charge in [0, 0.05) is 64.8 Å². The molecule has 8 nitrogen and oxygen atoms in total. The van der Waals surface area contributed by atoms with E-state index in [4.69, 9.17) is 4.99 Å². The van der Waals surface area contributed by atoms with Crippen molar-refractivity contribution in [1.29, 1.82) is 0 Å². The van der Waals surface area contributed by atoms with E-state index in [1.54, 1.807) is 4.90 Å². The first-order chi connectivity index (χ1) is 14.0. The number of carbonyl (C=O) groups excluding carboxylic acids is 1. The molecule has 1 saturated heterocycles. The van der Waals surface area contributed by atoms with Crippen LogP contribution in [0.1, 0.15) is 45.4 Å². The molecule has 1 aliphatic heterocycles. The number of piperazine rings is 1. The van der Waals surface area contributed by atoms with Crippen molar-refractivity contribution >= 4 is 28.5 Å². The number of anilines is 1. The van der Waals surface area contributed by atoms with Gasteiger partial charge in [0.2, 0.25) is 11.0 Å². The number of nitrogens with zero attached hydrogens (tertiary/aromatic N) is 6. The SMILES string of the molecule is CCNC(=NCC1(C(=O)N(C)C)CCCC1)N1CCN(c2nc(CC)ns2)CC1. The second-order valence-electron chi connectivity index (χ2n) is 8.18. The predicted octanol–water partition coefficient (Wildman–Crippen LogP) is 1.84. The van der Waals surface area contributed by atoms with Gasteiger partial charge in [0.25, 0.3) is 0 Å². The summed E-state index contributed by atoms with van der Waals surface area (Å²) in [6, 6.07) is 0. The van der Waals surface area contributed by atoms with Crippen molar-refractivity contribution in [1.82, 2.24) is 24.5 Å². The number of amides is 1. The number of rotatable bonds is 6. The van der Waals surface area contributed by atoms with Crippen LogP contribution in [0.4, 0.5) is 5.13 Å². The first-order valence-corrected chi connectivity index (χ1v) is 11.6. The maximum atomic E-state index is 12.8. The van der Waals surface area contributed by atoms with E-state index in [0.29, 0.717) is 6.54 Å². The van der Waals surface area contributed by atoms with Crippen molar-refractivity contribution in [3.63, 3.8) is 0 Å². The Morgan fingerprint density at radius 1 is 1.21 bits per heavy atom. The summed E-state index contributed by atoms with van der Waals surface area (Å²) < 4.78 is 4.41. The molecule has 2 fully saturated rings. The van der Waals surface area contributed by atoms with E-state index < -0.39 is 0 Å². The maximum absolute atomic E-state index is 12.8. The normalized spacial score (nSPS) is 19.5. The molecule has 2 heterocycles. The molecule has 0 bridgehead atoms. The van der Waals surface area contributed by atoms with E-state index in [-0.39, 0.29) is 11.3 Å². The molecule has 9 heteroatoms. The zero-order valence-corrected chi connectivity index (χ0v) is 19.1. The summed E-state index contributed by atoms with van der Waals surface area (Å²) in [5.41, 5.74) is -0.324. The van der Waals surface area contributed by atoms with Crippen LogP contribution in [-0.2, 0) is 11.2 Å². The van der Waals surface area contributed by atoms with Crippen molar-refractivity contribution in [2.45, 2.75) is 46.0 Å². The maximum Gasteiger partial charge on any atom is 0.230 e. The standard InChI is InChI=1S/C20H35N7OS/c1-5-16-23-19(29-24-16)27-13-11-26(12-14-27)18(21-6-2)22-15-20(9-7-8-10-20)17(28)25(3)4/h5-15H2,1-4H3,(H,21,22). The molecule has 0 radical (unpaired) electrons. The summed E-state index contributed by atoms with van der Waals surface area (Å²) in [6.45, 7) is 9.17. The third-order valence-electron chi connectivity index (χ3n) is 5.91. The summed E-state index contributed by atoms with van der Waals surface area (Å²) in [6.07, 6.45) is 4.99. The summed E-state index contributed by atoms with van der Waals surface area (Å²) in [5.74, 6) is 2.08. The fraction of sp³-hybridized carbons (Fsp3) is 0.800. The molecule has 1 aromatic heterocycles. The molecule has 29 heavy (non-hydrogen) atoms. The molecule has 1 aromatic rings. The number of aryl methyl sites for hydroxylation is 1. The Balaban J connectivity index is 1.65. The van der Waals surface area contributed by atoms with Crippen molar-refractivity contribution < 1.29 is 4.79 Å². The Morgan fingerprint density at radius 3 is 2.45 bits per heavy atom. The van der Waals surface area contributed by atoms with Crippen LogP contribution in [0.2, 0.25) is 0 Å². The van der Waals surface area contributed by atoms with Crippen LogP contribution in [0, 0.1) is 5.41 Å². The molecule has 162 valence electrons. The van der Waals surface area contributed by atoms with Crippen LogP contribution in [0.5, 0.6) is 0 Å². The summed E-state index contributed by atoms with van der Waals surface area (Å²) in [5, 5.41) is 4.46. The molecule has 0 aromatic carbocycles. The van der Waals surface area contributed by atoms with Crippen LogP contribution >= 0.6 is 11.5 Å². The Labute approximate surface area is 178 Å². The van der Waals surface area contributed by atoms with Crippen LogP contribution in [0.25, 0.3) is 0 Å². The highest BCUT2D eigenvalue weighted by Gasteiger charge is 2.42. The lowest BCUT2D eigenvalue weighted by Crippen LogP contribution is -2.53. The molecular weight excluding hydrogens is 386 g/mol. The molecular formula is C20H35N7OS. The summed E-state index contributed by atoms with van der Waals surface area (Å²) >= 11 is 1.49. The Kier molecular flexibility index (Phi) is 7.32. The van der Waals surface area contributed by atoms with E-state index in [1.165, 1.54) is 11.5 Å². The van der Waals surface area contributed by atoms with E-state index in [2.05, 4.69) is 38.3 Å². The molecule has 3 rings (SSSR count). The number of guanidine groups is 1. The highest BCUT2D eigenvalue weighted by molar-refractivity contribution is 7.09. The van der Waals surface area contributed by atoms with Crippen molar-refractivity contribution in [2.75, 3.05) is 58.3 Å². The second-order valence-corrected chi connectivity index (χ2v) is 8.91. The lowest BCUT2D eigenvalue weighted by Gasteiger charge is -2.37. The fourth-order valence-corrected chi connectivity index (χ4v) is 5.05. The van der Waals surface area contributed by atoms with Gasteiger partial charge < -0.3 is 20.0 Å². The number of carbonyl (C=O) groups is 1. The molecule has 1 amide bonds. The van der Waals surface area contributed by atoms with Crippen LogP contribution < -0.4 is 10.2 Å². The topological polar surface area (TPSA) is 77.0 Å². The van der Waals surface area contributed by atoms with Gasteiger partial charge in [-0.1, -0.05) is 19.8 Å². The largest absolute Gasteiger partial charge is 0.357 e. The Morgan fingerprint density at radius 2 is 1.90 bits per heavy atom. The van der Waals surface area contributed by atoms with Gasteiger partial charge in [-0.05, 0) is 19.8 Å². The molecule has 0 spiro atoms. The third-order valence-corrected chi connectivity index (χ3v) is 6.73. The minimum Gasteiger partial charge on any atom is -0.357 e. The Bertz CT molecular complexity index is 703. The molecule has 1 aliphatic carbocycles. The van der Waals surface area contributed by atoms with Gasteiger partial charge in [0.1, 0.15) is 5.82 Å². The highest BCUT2D eigenvalue weighted by atomic mass is 32.1. The van der Waals surface area contributed by atoms with Gasteiger partial charge in [-0.2, -0.15) is 4.37 Å². The molecule has 1 N–H and O–H groups in total. The van der Waals surface area contributed by atoms with Gasteiger partial charge in [-0.15, -0.1) is 0 Å². The first kappa shape index (κ1) is 21.8. The van der Waals surface area contributed by atoms with E-state index in [0.717, 1.165) is 81.7 Å². The average Bonchev–Trinajstić information content (AvgIpc) is 3.41. The quantitative estimate of drug-likeness (QED) is 0.558. The van der Waals surface area contributed by atoms with Gasteiger partial charge in [0.15, 0.2) is 5.96 Å². The number of nitrogens with one attached hydrogen (secondary N) is 1. The number of aliphatic imine (C=N–C) groups is 1. The number of aromatic nitrogens is 2. The molecule has 1 saturated carbocycles. The minimum absolute atomic E-state index is 0.224. The fourth-order valence-electron chi connectivity index (χ4n) is 4.24. The lowest BCUT2D eigenvalue weighted by molar-refractivity contribution is -0.138. The predicted molar refractivity (Wildman–Crippen MR) is 119 cm³/mol. The third kappa shape index (κ3) is 4.99. The first-order valence-electron chi connectivity index (χ1n) is 10.8. The monoisotopic (exact) mass is 421 g/mol. The summed E-state index contributed by atoms with van der Waals surface area (Å²) in [7, 11) is 3.71. The molecule has 0 unspecified atom stereocenters. The zero-order chi connectivity index (χ0) is 20.9. The zero-order valence-electron chi connectivity index (χ0n) is 18.3. The van der Waals surface area contributed by atoms with Gasteiger partial charge in [-0.25, -0.2) is 4.98 Å². The smallest absolute Gasteiger partial charge is 0.230 e. The van der Waals surface area contributed by atoms with Gasteiger partial charge in [0.05, 0.1) is 12.0 Å².